The summed E-state index contributed by atoms with van der Waals surface area (Å²) in [4.78, 5) is 16.6. The molecule has 1 N–H and O–H groups in total. The van der Waals surface area contributed by atoms with Crippen molar-refractivity contribution in [2.24, 2.45) is 0 Å². The van der Waals surface area contributed by atoms with E-state index in [1.54, 1.807) is 18.2 Å². The lowest BCUT2D eigenvalue weighted by molar-refractivity contribution is -0.113. The van der Waals surface area contributed by atoms with Gasteiger partial charge in [-0.3, -0.25) is 4.79 Å². The van der Waals surface area contributed by atoms with Crippen molar-refractivity contribution in [1.82, 2.24) is 9.55 Å². The topological polar surface area (TPSA) is 46.9 Å². The molecule has 3 aromatic rings. The molecular weight excluding hydrogens is 354 g/mol. The number of anilines is 1. The fourth-order valence-electron chi connectivity index (χ4n) is 2.51. The van der Waals surface area contributed by atoms with Crippen LogP contribution in [-0.2, 0) is 11.3 Å². The van der Waals surface area contributed by atoms with Gasteiger partial charge in [0.05, 0.1) is 17.6 Å². The number of imidazole rings is 1. The van der Waals surface area contributed by atoms with Crippen LogP contribution < -0.4 is 5.32 Å². The Morgan fingerprint density at radius 2 is 2.00 bits per heavy atom. The fraction of sp³-hybridized carbons (Fsp3) is 0.158. The van der Waals surface area contributed by atoms with Crippen LogP contribution in [0.4, 0.5) is 5.69 Å². The number of hydrogen-bond donors (Lipinski definition) is 1. The number of thioether (sulfide) groups is 1. The zero-order valence-corrected chi connectivity index (χ0v) is 15.3. The zero-order chi connectivity index (χ0) is 17.6. The summed E-state index contributed by atoms with van der Waals surface area (Å²) in [6.07, 6.45) is 1.86. The highest BCUT2D eigenvalue weighted by Gasteiger charge is 2.12. The second-order valence-corrected chi connectivity index (χ2v) is 6.76. The van der Waals surface area contributed by atoms with Gasteiger partial charge in [-0.05, 0) is 30.7 Å². The molecule has 0 aliphatic rings. The highest BCUT2D eigenvalue weighted by Crippen LogP contribution is 2.26. The number of halogens is 1. The fourth-order valence-corrected chi connectivity index (χ4v) is 3.55. The highest BCUT2D eigenvalue weighted by atomic mass is 35.5. The maximum atomic E-state index is 12.2. The van der Waals surface area contributed by atoms with E-state index in [4.69, 9.17) is 11.6 Å². The molecule has 3 rings (SSSR count). The summed E-state index contributed by atoms with van der Waals surface area (Å²) in [5.41, 5.74) is 2.87. The van der Waals surface area contributed by atoms with E-state index in [2.05, 4.69) is 33.9 Å². The van der Waals surface area contributed by atoms with Gasteiger partial charge >= 0.3 is 0 Å². The molecule has 0 bridgehead atoms. The summed E-state index contributed by atoms with van der Waals surface area (Å²) in [7, 11) is 0. The number of amides is 1. The Kier molecular flexibility index (Phi) is 5.79. The summed E-state index contributed by atoms with van der Waals surface area (Å²) < 4.78 is 2.12. The Balaban J connectivity index is 1.67. The number of rotatable bonds is 6. The monoisotopic (exact) mass is 371 g/mol. The summed E-state index contributed by atoms with van der Waals surface area (Å²) in [6, 6.07) is 17.2. The van der Waals surface area contributed by atoms with Crippen molar-refractivity contribution in [2.45, 2.75) is 18.6 Å². The van der Waals surface area contributed by atoms with Crippen molar-refractivity contribution >= 4 is 35.0 Å². The molecule has 25 heavy (non-hydrogen) atoms. The SMILES string of the molecule is CCn1c(-c2ccccc2)cnc1SCC(=O)Nc1cccc(Cl)c1. The summed E-state index contributed by atoms with van der Waals surface area (Å²) in [5.74, 6) is 0.205. The first kappa shape index (κ1) is 17.6. The van der Waals surface area contributed by atoms with Gasteiger partial charge in [0.1, 0.15) is 0 Å². The molecule has 0 atom stereocenters. The van der Waals surface area contributed by atoms with Crippen LogP contribution in [0.5, 0.6) is 0 Å². The molecule has 0 saturated carbocycles. The lowest BCUT2D eigenvalue weighted by atomic mass is 10.2. The molecule has 2 aromatic carbocycles. The first-order chi connectivity index (χ1) is 12.2. The summed E-state index contributed by atoms with van der Waals surface area (Å²) in [5, 5.41) is 4.28. The molecule has 0 unspecified atom stereocenters. The third-order valence-corrected chi connectivity index (χ3v) is 4.87. The van der Waals surface area contributed by atoms with Crippen molar-refractivity contribution in [1.29, 1.82) is 0 Å². The van der Waals surface area contributed by atoms with Crippen LogP contribution >= 0.6 is 23.4 Å². The van der Waals surface area contributed by atoms with Crippen molar-refractivity contribution in [2.75, 3.05) is 11.1 Å². The third kappa shape index (κ3) is 4.44. The Morgan fingerprint density at radius 1 is 1.20 bits per heavy atom. The van der Waals surface area contributed by atoms with E-state index in [9.17, 15) is 4.79 Å². The molecule has 0 aliphatic carbocycles. The van der Waals surface area contributed by atoms with Crippen LogP contribution in [0, 0.1) is 0 Å². The van der Waals surface area contributed by atoms with Crippen molar-refractivity contribution in [3.05, 3.63) is 65.8 Å². The average Bonchev–Trinajstić information content (AvgIpc) is 3.03. The second-order valence-electron chi connectivity index (χ2n) is 5.38. The number of aromatic nitrogens is 2. The number of hydrogen-bond acceptors (Lipinski definition) is 3. The molecule has 128 valence electrons. The molecule has 1 aromatic heterocycles. The summed E-state index contributed by atoms with van der Waals surface area (Å²) in [6.45, 7) is 2.87. The first-order valence-corrected chi connectivity index (χ1v) is 9.33. The molecule has 0 aliphatic heterocycles. The number of benzene rings is 2. The molecule has 4 nitrogen and oxygen atoms in total. The molecule has 0 saturated heterocycles. The Labute approximate surface area is 156 Å². The normalized spacial score (nSPS) is 10.6. The second kappa shape index (κ2) is 8.23. The van der Waals surface area contributed by atoms with Gasteiger partial charge in [-0.2, -0.15) is 0 Å². The average molecular weight is 372 g/mol. The Morgan fingerprint density at radius 3 is 2.72 bits per heavy atom. The van der Waals surface area contributed by atoms with E-state index in [0.29, 0.717) is 10.7 Å². The number of carbonyl (C=O) groups excluding carboxylic acids is 1. The predicted octanol–water partition coefficient (Wildman–Crippen LogP) is 4.95. The van der Waals surface area contributed by atoms with Crippen molar-refractivity contribution in [3.8, 4) is 11.3 Å². The Hall–Kier alpha value is -2.24. The minimum atomic E-state index is -0.0841. The van der Waals surface area contributed by atoms with Gasteiger partial charge in [-0.15, -0.1) is 0 Å². The van der Waals surface area contributed by atoms with Crippen LogP contribution in [-0.4, -0.2) is 21.2 Å². The van der Waals surface area contributed by atoms with E-state index in [0.717, 1.165) is 23.0 Å². The maximum Gasteiger partial charge on any atom is 0.234 e. The van der Waals surface area contributed by atoms with Crippen molar-refractivity contribution < 1.29 is 4.79 Å². The lowest BCUT2D eigenvalue weighted by Gasteiger charge is -2.09. The third-order valence-electron chi connectivity index (χ3n) is 3.65. The van der Waals surface area contributed by atoms with Gasteiger partial charge in [0.2, 0.25) is 5.91 Å². The van der Waals surface area contributed by atoms with Gasteiger partial charge in [0.15, 0.2) is 5.16 Å². The minimum Gasteiger partial charge on any atom is -0.325 e. The number of nitrogens with zero attached hydrogens (tertiary/aromatic N) is 2. The first-order valence-electron chi connectivity index (χ1n) is 7.96. The van der Waals surface area contributed by atoms with E-state index in [1.807, 2.05) is 30.5 Å². The largest absolute Gasteiger partial charge is 0.325 e. The maximum absolute atomic E-state index is 12.2. The smallest absolute Gasteiger partial charge is 0.234 e. The molecule has 0 spiro atoms. The van der Waals surface area contributed by atoms with E-state index < -0.39 is 0 Å². The van der Waals surface area contributed by atoms with Crippen LogP contribution in [0.1, 0.15) is 6.92 Å². The molecule has 0 radical (unpaired) electrons. The van der Waals surface area contributed by atoms with Gasteiger partial charge < -0.3 is 9.88 Å². The quantitative estimate of drug-likeness (QED) is 0.623. The summed E-state index contributed by atoms with van der Waals surface area (Å²) >= 11 is 7.36. The number of nitrogens with one attached hydrogen (secondary N) is 1. The van der Waals surface area contributed by atoms with Crippen LogP contribution in [0.2, 0.25) is 5.02 Å². The van der Waals surface area contributed by atoms with E-state index in [-0.39, 0.29) is 11.7 Å². The highest BCUT2D eigenvalue weighted by molar-refractivity contribution is 7.99. The lowest BCUT2D eigenvalue weighted by Crippen LogP contribution is -2.14. The van der Waals surface area contributed by atoms with E-state index in [1.165, 1.54) is 11.8 Å². The molecule has 6 heteroatoms. The molecule has 1 heterocycles. The minimum absolute atomic E-state index is 0.0841. The van der Waals surface area contributed by atoms with Gasteiger partial charge in [-0.1, -0.05) is 59.8 Å². The van der Waals surface area contributed by atoms with Gasteiger partial charge in [0.25, 0.3) is 0 Å². The zero-order valence-electron chi connectivity index (χ0n) is 13.8. The van der Waals surface area contributed by atoms with Crippen LogP contribution in [0.15, 0.2) is 66.0 Å². The van der Waals surface area contributed by atoms with Crippen LogP contribution in [0.3, 0.4) is 0 Å². The van der Waals surface area contributed by atoms with Gasteiger partial charge in [-0.25, -0.2) is 4.98 Å². The number of carbonyl (C=O) groups is 1. The van der Waals surface area contributed by atoms with Crippen molar-refractivity contribution in [3.63, 3.8) is 0 Å². The molecule has 1 amide bonds. The standard InChI is InChI=1S/C19H18ClN3OS/c1-2-23-17(14-7-4-3-5-8-14)12-21-19(23)25-13-18(24)22-16-10-6-9-15(20)11-16/h3-12H,2,13H2,1H3,(H,22,24). The van der Waals surface area contributed by atoms with Crippen LogP contribution in [0.25, 0.3) is 11.3 Å². The predicted molar refractivity (Wildman–Crippen MR) is 104 cm³/mol. The Bertz CT molecular complexity index is 864. The molecular formula is C19H18ClN3OS. The van der Waals surface area contributed by atoms with E-state index >= 15 is 0 Å². The van der Waals surface area contributed by atoms with Gasteiger partial charge in [0, 0.05) is 17.3 Å². The molecule has 0 fully saturated rings.